The third-order valence-electron chi connectivity index (χ3n) is 3.61. The van der Waals surface area contributed by atoms with E-state index in [4.69, 9.17) is 15.8 Å². The first-order chi connectivity index (χ1) is 11.7. The first-order valence-corrected chi connectivity index (χ1v) is 9.37. The molecule has 0 aliphatic carbocycles. The Morgan fingerprint density at radius 3 is 2.40 bits per heavy atom. The van der Waals surface area contributed by atoms with Gasteiger partial charge in [-0.05, 0) is 48.2 Å². The van der Waals surface area contributed by atoms with Gasteiger partial charge < -0.3 is 8.92 Å². The Morgan fingerprint density at radius 1 is 1.12 bits per heavy atom. The number of ether oxygens (including phenoxy) is 1. The van der Waals surface area contributed by atoms with E-state index in [1.54, 1.807) is 6.07 Å². The lowest BCUT2D eigenvalue weighted by Gasteiger charge is -2.15. The Balaban J connectivity index is 2.51. The van der Waals surface area contributed by atoms with E-state index in [2.05, 4.69) is 4.74 Å². The minimum atomic E-state index is -4.22. The van der Waals surface area contributed by atoms with Crippen LogP contribution >= 0.6 is 11.6 Å². The number of methoxy groups -OCH3 is 1. The largest absolute Gasteiger partial charge is 0.465 e. The van der Waals surface area contributed by atoms with E-state index in [0.717, 1.165) is 17.2 Å². The topological polar surface area (TPSA) is 69.7 Å². The molecule has 0 aliphatic rings. The summed E-state index contributed by atoms with van der Waals surface area (Å²) >= 11 is 6.02. The first kappa shape index (κ1) is 19.3. The van der Waals surface area contributed by atoms with E-state index in [-0.39, 0.29) is 27.1 Å². The van der Waals surface area contributed by atoms with Crippen molar-refractivity contribution in [3.8, 4) is 5.75 Å². The van der Waals surface area contributed by atoms with Crippen molar-refractivity contribution < 1.29 is 22.1 Å². The highest BCUT2D eigenvalue weighted by atomic mass is 35.5. The van der Waals surface area contributed by atoms with E-state index in [9.17, 15) is 13.2 Å². The number of benzene rings is 2. The molecular weight excluding hydrogens is 364 g/mol. The Morgan fingerprint density at radius 2 is 1.80 bits per heavy atom. The van der Waals surface area contributed by atoms with Gasteiger partial charge in [0, 0.05) is 0 Å². The van der Waals surface area contributed by atoms with Crippen LogP contribution in [0.5, 0.6) is 5.75 Å². The molecule has 0 atom stereocenters. The molecule has 0 saturated heterocycles. The van der Waals surface area contributed by atoms with Crippen molar-refractivity contribution in [2.45, 2.75) is 31.6 Å². The van der Waals surface area contributed by atoms with Gasteiger partial charge in [-0.1, -0.05) is 37.6 Å². The van der Waals surface area contributed by atoms with Gasteiger partial charge in [0.25, 0.3) is 0 Å². The molecule has 0 aromatic heterocycles. The van der Waals surface area contributed by atoms with Crippen LogP contribution in [-0.2, 0) is 14.9 Å². The highest BCUT2D eigenvalue weighted by Gasteiger charge is 2.24. The lowest BCUT2D eigenvalue weighted by atomic mass is 10.0. The molecule has 0 fully saturated rings. The molecule has 0 radical (unpaired) electrons. The third kappa shape index (κ3) is 4.32. The fourth-order valence-corrected chi connectivity index (χ4v) is 3.74. The summed E-state index contributed by atoms with van der Waals surface area (Å²) in [7, 11) is -3.01. The molecule has 0 aliphatic heterocycles. The second kappa shape index (κ2) is 7.45. The minimum absolute atomic E-state index is 0.0357. The quantitative estimate of drug-likeness (QED) is 0.568. The zero-order chi connectivity index (χ0) is 18.8. The summed E-state index contributed by atoms with van der Waals surface area (Å²) in [6.45, 7) is 5.72. The fourth-order valence-electron chi connectivity index (χ4n) is 2.29. The van der Waals surface area contributed by atoms with E-state index < -0.39 is 16.1 Å². The zero-order valence-corrected chi connectivity index (χ0v) is 15.9. The maximum atomic E-state index is 12.7. The maximum Gasteiger partial charge on any atom is 0.340 e. The average Bonchev–Trinajstić information content (AvgIpc) is 2.53. The van der Waals surface area contributed by atoms with Crippen molar-refractivity contribution in [1.29, 1.82) is 0 Å². The molecule has 0 unspecified atom stereocenters. The van der Waals surface area contributed by atoms with Crippen molar-refractivity contribution in [2.24, 2.45) is 0 Å². The second-order valence-corrected chi connectivity index (χ2v) is 7.79. The highest BCUT2D eigenvalue weighted by Crippen LogP contribution is 2.32. The molecule has 2 aromatic carbocycles. The molecule has 0 saturated carbocycles. The number of carbonyl (C=O) groups is 1. The SMILES string of the molecule is COC(=O)c1ccc(Cl)c(S(=O)(=O)Oc2cc(C)ccc2C(C)C)c1. The van der Waals surface area contributed by atoms with E-state index >= 15 is 0 Å². The van der Waals surface area contributed by atoms with E-state index in [1.165, 1.54) is 19.2 Å². The molecule has 7 heteroatoms. The molecular formula is C18H19ClO5S. The minimum Gasteiger partial charge on any atom is -0.465 e. The predicted molar refractivity (Wildman–Crippen MR) is 95.9 cm³/mol. The number of esters is 1. The zero-order valence-electron chi connectivity index (χ0n) is 14.4. The molecule has 2 rings (SSSR count). The molecule has 0 bridgehead atoms. The molecule has 0 spiro atoms. The van der Waals surface area contributed by atoms with Crippen LogP contribution in [0, 0.1) is 6.92 Å². The van der Waals surface area contributed by atoms with Gasteiger partial charge in [-0.25, -0.2) is 4.79 Å². The second-order valence-electron chi connectivity index (χ2n) is 5.87. The number of carbonyl (C=O) groups excluding carboxylic acids is 1. The molecule has 25 heavy (non-hydrogen) atoms. The van der Waals surface area contributed by atoms with Gasteiger partial charge in [0.05, 0.1) is 17.7 Å². The first-order valence-electron chi connectivity index (χ1n) is 7.58. The Kier molecular flexibility index (Phi) is 5.75. The van der Waals surface area contributed by atoms with Gasteiger partial charge in [-0.15, -0.1) is 0 Å². The Labute approximate surface area is 152 Å². The molecule has 134 valence electrons. The summed E-state index contributed by atoms with van der Waals surface area (Å²) in [6, 6.07) is 9.24. The average molecular weight is 383 g/mol. The summed E-state index contributed by atoms with van der Waals surface area (Å²) in [5.41, 5.74) is 1.70. The van der Waals surface area contributed by atoms with Crippen molar-refractivity contribution in [3.05, 3.63) is 58.1 Å². The van der Waals surface area contributed by atoms with Crippen molar-refractivity contribution >= 4 is 27.7 Å². The summed E-state index contributed by atoms with van der Waals surface area (Å²) < 4.78 is 35.4. The number of hydrogen-bond donors (Lipinski definition) is 0. The van der Waals surface area contributed by atoms with Gasteiger partial charge in [-0.2, -0.15) is 8.42 Å². The van der Waals surface area contributed by atoms with Crippen LogP contribution in [0.4, 0.5) is 0 Å². The lowest BCUT2D eigenvalue weighted by Crippen LogP contribution is -2.13. The Bertz CT molecular complexity index is 904. The smallest absolute Gasteiger partial charge is 0.340 e. The Hall–Kier alpha value is -2.05. The normalized spacial score (nSPS) is 11.4. The lowest BCUT2D eigenvalue weighted by molar-refractivity contribution is 0.0600. The van der Waals surface area contributed by atoms with Crippen molar-refractivity contribution in [2.75, 3.05) is 7.11 Å². The fraction of sp³-hybridized carbons (Fsp3) is 0.278. The van der Waals surface area contributed by atoms with Crippen molar-refractivity contribution in [3.63, 3.8) is 0 Å². The molecule has 0 N–H and O–H groups in total. The molecule has 2 aromatic rings. The van der Waals surface area contributed by atoms with Gasteiger partial charge in [0.15, 0.2) is 0 Å². The van der Waals surface area contributed by atoms with Gasteiger partial charge in [0.1, 0.15) is 10.6 Å². The summed E-state index contributed by atoms with van der Waals surface area (Å²) in [5, 5.41) is -0.0357. The number of aryl methyl sites for hydroxylation is 1. The summed E-state index contributed by atoms with van der Waals surface area (Å²) in [6.07, 6.45) is 0. The molecule has 5 nitrogen and oxygen atoms in total. The monoisotopic (exact) mass is 382 g/mol. The third-order valence-corrected chi connectivity index (χ3v) is 5.33. The van der Waals surface area contributed by atoms with Gasteiger partial charge >= 0.3 is 16.1 Å². The predicted octanol–water partition coefficient (Wildman–Crippen LogP) is 4.33. The summed E-state index contributed by atoms with van der Waals surface area (Å²) in [4.78, 5) is 11.4. The number of hydrogen-bond acceptors (Lipinski definition) is 5. The van der Waals surface area contributed by atoms with Crippen LogP contribution in [0.15, 0.2) is 41.3 Å². The number of rotatable bonds is 5. The summed E-state index contributed by atoms with van der Waals surface area (Å²) in [5.74, 6) is -0.344. The molecule has 0 heterocycles. The standard InChI is InChI=1S/C18H19ClO5S/c1-11(2)14-7-5-12(3)9-16(14)24-25(21,22)17-10-13(18(20)23-4)6-8-15(17)19/h5-11H,1-4H3. The van der Waals surface area contributed by atoms with Crippen LogP contribution in [-0.4, -0.2) is 21.5 Å². The molecule has 0 amide bonds. The van der Waals surface area contributed by atoms with Crippen LogP contribution in [0.25, 0.3) is 0 Å². The van der Waals surface area contributed by atoms with Crippen LogP contribution < -0.4 is 4.18 Å². The van der Waals surface area contributed by atoms with E-state index in [1.807, 2.05) is 32.9 Å². The van der Waals surface area contributed by atoms with Crippen molar-refractivity contribution in [1.82, 2.24) is 0 Å². The van der Waals surface area contributed by atoms with Crippen LogP contribution in [0.2, 0.25) is 5.02 Å². The highest BCUT2D eigenvalue weighted by molar-refractivity contribution is 7.87. The maximum absolute atomic E-state index is 12.7. The van der Waals surface area contributed by atoms with Crippen LogP contribution in [0.1, 0.15) is 41.3 Å². The van der Waals surface area contributed by atoms with Gasteiger partial charge in [-0.3, -0.25) is 0 Å². The van der Waals surface area contributed by atoms with Crippen LogP contribution in [0.3, 0.4) is 0 Å². The van der Waals surface area contributed by atoms with E-state index in [0.29, 0.717) is 0 Å². The van der Waals surface area contributed by atoms with Gasteiger partial charge in [0.2, 0.25) is 0 Å². The number of halogens is 1.